The molecule has 0 radical (unpaired) electrons. The maximum Gasteiger partial charge on any atom is 0.362 e. The molecular weight excluding hydrogens is 422 g/mol. The lowest BCUT2D eigenvalue weighted by Crippen LogP contribution is -2.19. The third-order valence-corrected chi connectivity index (χ3v) is 5.09. The lowest BCUT2D eigenvalue weighted by atomic mass is 10.2. The van der Waals surface area contributed by atoms with E-state index in [1.807, 2.05) is 54.6 Å². The van der Waals surface area contributed by atoms with E-state index in [0.717, 1.165) is 15.7 Å². The number of halogens is 1. The first kappa shape index (κ1) is 18.2. The first-order chi connectivity index (χ1) is 13.5. The lowest BCUT2D eigenvalue weighted by molar-refractivity contribution is -0.128. The number of nitrogens with zero attached hydrogens (tertiary/aromatic N) is 3. The van der Waals surface area contributed by atoms with Crippen LogP contribution < -0.4 is 5.56 Å². The summed E-state index contributed by atoms with van der Waals surface area (Å²) in [6.07, 6.45) is 1.56. The van der Waals surface area contributed by atoms with Crippen molar-refractivity contribution < 1.29 is 9.53 Å². The minimum atomic E-state index is -0.577. The van der Waals surface area contributed by atoms with Crippen molar-refractivity contribution >= 4 is 39.1 Å². The van der Waals surface area contributed by atoms with Crippen LogP contribution in [-0.4, -0.2) is 21.0 Å². The van der Waals surface area contributed by atoms with Gasteiger partial charge in [-0.15, -0.1) is 0 Å². The molecule has 1 aliphatic heterocycles. The van der Waals surface area contributed by atoms with E-state index in [4.69, 9.17) is 4.74 Å². The molecule has 1 aromatic heterocycles. The predicted octanol–water partition coefficient (Wildman–Crippen LogP) is 3.92. The average Bonchev–Trinajstić information content (AvgIpc) is 3.16. The molecule has 2 heterocycles. The number of cyclic esters (lactones) is 1. The van der Waals surface area contributed by atoms with Gasteiger partial charge in [0, 0.05) is 23.2 Å². The molecule has 4 rings (SSSR count). The van der Waals surface area contributed by atoms with Gasteiger partial charge in [-0.1, -0.05) is 46.3 Å². The summed E-state index contributed by atoms with van der Waals surface area (Å²) in [5, 5.41) is 0. The van der Waals surface area contributed by atoms with Crippen LogP contribution in [0.15, 0.2) is 74.9 Å². The first-order valence-corrected chi connectivity index (χ1v) is 9.37. The van der Waals surface area contributed by atoms with Gasteiger partial charge in [-0.3, -0.25) is 9.48 Å². The van der Waals surface area contributed by atoms with Gasteiger partial charge in [0.25, 0.3) is 5.56 Å². The summed E-state index contributed by atoms with van der Waals surface area (Å²) < 4.78 is 9.50. The number of carbonyl (C=O) groups is 1. The Labute approximate surface area is 169 Å². The van der Waals surface area contributed by atoms with Crippen molar-refractivity contribution in [2.24, 2.45) is 12.0 Å². The molecule has 28 heavy (non-hydrogen) atoms. The van der Waals surface area contributed by atoms with Crippen LogP contribution in [0.25, 0.3) is 11.4 Å². The molecule has 3 aromatic rings. The van der Waals surface area contributed by atoms with Gasteiger partial charge < -0.3 is 4.74 Å². The van der Waals surface area contributed by atoms with Gasteiger partial charge in [0.15, 0.2) is 11.4 Å². The zero-order valence-electron chi connectivity index (χ0n) is 15.2. The molecule has 1 aliphatic rings. The Morgan fingerprint density at radius 2 is 1.68 bits per heavy atom. The molecule has 0 aliphatic carbocycles. The number of rotatable bonds is 3. The van der Waals surface area contributed by atoms with E-state index in [1.54, 1.807) is 24.7 Å². The van der Waals surface area contributed by atoms with Gasteiger partial charge in [-0.05, 0) is 31.2 Å². The normalized spacial score (nSPS) is 15.0. The molecule has 0 spiro atoms. The Morgan fingerprint density at radius 1 is 1.00 bits per heavy atom. The summed E-state index contributed by atoms with van der Waals surface area (Å²) in [6.45, 7) is 1.79. The number of carbonyl (C=O) groups excluding carboxylic acids is 1. The number of aliphatic imine (C=N–C) groups is 1. The fourth-order valence-corrected chi connectivity index (χ4v) is 3.27. The molecule has 0 amide bonds. The summed E-state index contributed by atoms with van der Waals surface area (Å²) in [5.41, 5.74) is 2.16. The number of esters is 1. The van der Waals surface area contributed by atoms with Crippen molar-refractivity contribution in [2.45, 2.75) is 6.92 Å². The number of para-hydroxylation sites is 1. The lowest BCUT2D eigenvalue weighted by Gasteiger charge is -2.07. The molecular formula is C21H16BrN3O3. The topological polar surface area (TPSA) is 65.6 Å². The van der Waals surface area contributed by atoms with E-state index in [0.29, 0.717) is 11.5 Å². The number of aromatic nitrogens is 2. The van der Waals surface area contributed by atoms with Crippen molar-refractivity contribution in [3.63, 3.8) is 0 Å². The van der Waals surface area contributed by atoms with Gasteiger partial charge in [-0.2, -0.15) is 0 Å². The summed E-state index contributed by atoms with van der Waals surface area (Å²) in [5.74, 6) is -0.167. The minimum absolute atomic E-state index is 0.101. The zero-order chi connectivity index (χ0) is 19.8. The van der Waals surface area contributed by atoms with E-state index in [9.17, 15) is 9.59 Å². The molecule has 0 fully saturated rings. The van der Waals surface area contributed by atoms with Crippen LogP contribution >= 0.6 is 15.9 Å². The van der Waals surface area contributed by atoms with Crippen molar-refractivity contribution in [2.75, 3.05) is 0 Å². The molecule has 0 unspecified atom stereocenters. The van der Waals surface area contributed by atoms with Crippen molar-refractivity contribution in [1.82, 2.24) is 9.36 Å². The third-order valence-electron chi connectivity index (χ3n) is 4.56. The summed E-state index contributed by atoms with van der Waals surface area (Å²) in [6, 6.07) is 16.7. The standard InChI is InChI=1S/C21H16BrN3O3/c1-13-19(20(26)25(24(13)2)16-6-4-3-5-7-16)23-17-12-18(28-21(17)27)14-8-10-15(22)11-9-14/h3-12H,1-2H3. The van der Waals surface area contributed by atoms with Crippen molar-refractivity contribution in [1.29, 1.82) is 0 Å². The summed E-state index contributed by atoms with van der Waals surface area (Å²) in [7, 11) is 1.78. The van der Waals surface area contributed by atoms with Crippen LogP contribution in [0, 0.1) is 6.92 Å². The Kier molecular flexibility index (Phi) is 4.60. The van der Waals surface area contributed by atoms with Gasteiger partial charge in [-0.25, -0.2) is 14.5 Å². The summed E-state index contributed by atoms with van der Waals surface area (Å²) >= 11 is 3.38. The molecule has 0 atom stereocenters. The van der Waals surface area contributed by atoms with E-state index >= 15 is 0 Å². The number of benzene rings is 2. The largest absolute Gasteiger partial charge is 0.421 e. The number of ether oxygens (including phenoxy) is 1. The second kappa shape index (κ2) is 7.09. The Morgan fingerprint density at radius 3 is 2.36 bits per heavy atom. The smallest absolute Gasteiger partial charge is 0.362 e. The molecule has 6 nitrogen and oxygen atoms in total. The average molecular weight is 438 g/mol. The number of hydrogen-bond donors (Lipinski definition) is 0. The van der Waals surface area contributed by atoms with E-state index < -0.39 is 5.97 Å². The van der Waals surface area contributed by atoms with Gasteiger partial charge in [0.2, 0.25) is 0 Å². The van der Waals surface area contributed by atoms with Crippen LogP contribution in [0.5, 0.6) is 0 Å². The van der Waals surface area contributed by atoms with Crippen molar-refractivity contribution in [3.05, 3.63) is 86.8 Å². The van der Waals surface area contributed by atoms with Crippen molar-refractivity contribution in [3.8, 4) is 5.69 Å². The highest BCUT2D eigenvalue weighted by molar-refractivity contribution is 9.10. The van der Waals surface area contributed by atoms with Crippen LogP contribution in [0.3, 0.4) is 0 Å². The maximum atomic E-state index is 13.0. The van der Waals surface area contributed by atoms with E-state index in [2.05, 4.69) is 20.9 Å². The second-order valence-electron chi connectivity index (χ2n) is 6.31. The van der Waals surface area contributed by atoms with Crippen LogP contribution in [0.2, 0.25) is 0 Å². The fourth-order valence-electron chi connectivity index (χ4n) is 3.00. The number of hydrogen-bond acceptors (Lipinski definition) is 4. The fraction of sp³-hybridized carbons (Fsp3) is 0.0952. The molecule has 0 saturated heterocycles. The van der Waals surface area contributed by atoms with Crippen LogP contribution in [0.1, 0.15) is 11.3 Å². The molecule has 2 aromatic carbocycles. The monoisotopic (exact) mass is 437 g/mol. The summed E-state index contributed by atoms with van der Waals surface area (Å²) in [4.78, 5) is 29.6. The first-order valence-electron chi connectivity index (χ1n) is 8.58. The van der Waals surface area contributed by atoms with E-state index in [-0.39, 0.29) is 17.0 Å². The van der Waals surface area contributed by atoms with E-state index in [1.165, 1.54) is 4.68 Å². The minimum Gasteiger partial charge on any atom is -0.421 e. The Bertz CT molecular complexity index is 1190. The van der Waals surface area contributed by atoms with Crippen LogP contribution in [0.4, 0.5) is 5.69 Å². The molecule has 7 heteroatoms. The van der Waals surface area contributed by atoms with Gasteiger partial charge >= 0.3 is 5.97 Å². The highest BCUT2D eigenvalue weighted by Crippen LogP contribution is 2.25. The third kappa shape index (κ3) is 3.14. The quantitative estimate of drug-likeness (QED) is 0.583. The van der Waals surface area contributed by atoms with Crippen LogP contribution in [-0.2, 0) is 16.6 Å². The highest BCUT2D eigenvalue weighted by Gasteiger charge is 2.25. The van der Waals surface area contributed by atoms with Gasteiger partial charge in [0.05, 0.1) is 11.4 Å². The highest BCUT2D eigenvalue weighted by atomic mass is 79.9. The molecule has 140 valence electrons. The molecule has 0 N–H and O–H groups in total. The zero-order valence-corrected chi connectivity index (χ0v) is 16.8. The molecule has 0 saturated carbocycles. The Hall–Kier alpha value is -3.19. The maximum absolute atomic E-state index is 13.0. The molecule has 0 bridgehead atoms. The predicted molar refractivity (Wildman–Crippen MR) is 111 cm³/mol. The van der Waals surface area contributed by atoms with Gasteiger partial charge in [0.1, 0.15) is 5.76 Å². The Balaban J connectivity index is 1.78. The second-order valence-corrected chi connectivity index (χ2v) is 7.23. The SMILES string of the molecule is Cc1c(N=C2C=C(c3ccc(Br)cc3)OC2=O)c(=O)n(-c2ccccc2)n1C.